The van der Waals surface area contributed by atoms with Crippen molar-refractivity contribution in [3.05, 3.63) is 69.3 Å². The van der Waals surface area contributed by atoms with E-state index < -0.39 is 48.0 Å². The van der Waals surface area contributed by atoms with Gasteiger partial charge in [0.15, 0.2) is 11.0 Å². The lowest BCUT2D eigenvalue weighted by Crippen LogP contribution is -2.22. The first-order valence-corrected chi connectivity index (χ1v) is 12.5. The predicted molar refractivity (Wildman–Crippen MR) is 126 cm³/mol. The molecule has 35 heavy (non-hydrogen) atoms. The summed E-state index contributed by atoms with van der Waals surface area (Å²) >= 11 is 0. The van der Waals surface area contributed by atoms with E-state index in [1.165, 1.54) is 0 Å². The van der Waals surface area contributed by atoms with Crippen LogP contribution in [-0.2, 0) is 17.8 Å². The molecule has 1 atom stereocenters. The van der Waals surface area contributed by atoms with Crippen LogP contribution in [0, 0.1) is 19.8 Å². The molecule has 9 heteroatoms. The predicted octanol–water partition coefficient (Wildman–Crippen LogP) is 8.76. The lowest BCUT2D eigenvalue weighted by atomic mass is 9.84. The third-order valence-corrected chi connectivity index (χ3v) is 8.06. The highest BCUT2D eigenvalue weighted by atomic mass is 31.1. The van der Waals surface area contributed by atoms with E-state index in [1.54, 1.807) is 39.8 Å². The van der Waals surface area contributed by atoms with Gasteiger partial charge in [0.2, 0.25) is 0 Å². The maximum atomic E-state index is 13.7. The first kappa shape index (κ1) is 29.0. The maximum absolute atomic E-state index is 13.7. The van der Waals surface area contributed by atoms with Crippen molar-refractivity contribution in [1.29, 1.82) is 0 Å². The van der Waals surface area contributed by atoms with E-state index in [-0.39, 0.29) is 23.1 Å². The number of carbonyl (C=O) groups excluding carboxylic acids is 2. The SMILES string of the molecule is Cc1cc(C(C)(C)C)cc(C)c1C(=O)P(CC(C)C)C(=O)c1c(C(F)(F)F)cccc1C(F)(F)F. The maximum Gasteiger partial charge on any atom is 0.417 e. The largest absolute Gasteiger partial charge is 0.417 e. The van der Waals surface area contributed by atoms with E-state index in [4.69, 9.17) is 0 Å². The van der Waals surface area contributed by atoms with Crippen LogP contribution in [0.25, 0.3) is 0 Å². The first-order valence-electron chi connectivity index (χ1n) is 11.0. The van der Waals surface area contributed by atoms with Gasteiger partial charge >= 0.3 is 12.4 Å². The van der Waals surface area contributed by atoms with Gasteiger partial charge in [0.25, 0.3) is 0 Å². The summed E-state index contributed by atoms with van der Waals surface area (Å²) in [6.07, 6.45) is -10.5. The second-order valence-corrected chi connectivity index (χ2v) is 12.1. The number of benzene rings is 2. The molecule has 0 amide bonds. The zero-order valence-corrected chi connectivity index (χ0v) is 21.6. The van der Waals surface area contributed by atoms with Crippen LogP contribution >= 0.6 is 7.92 Å². The van der Waals surface area contributed by atoms with Crippen LogP contribution in [-0.4, -0.2) is 17.2 Å². The van der Waals surface area contributed by atoms with Crippen molar-refractivity contribution in [2.75, 3.05) is 6.16 Å². The zero-order valence-electron chi connectivity index (χ0n) is 20.7. The monoisotopic (exact) mass is 518 g/mol. The number of aryl methyl sites for hydroxylation is 2. The minimum absolute atomic E-state index is 0.129. The number of hydrogen-bond acceptors (Lipinski definition) is 2. The third kappa shape index (κ3) is 6.52. The Morgan fingerprint density at radius 2 is 1.20 bits per heavy atom. The summed E-state index contributed by atoms with van der Waals surface area (Å²) in [4.78, 5) is 27.2. The molecule has 0 saturated carbocycles. The minimum atomic E-state index is -5.20. The molecule has 2 aromatic carbocycles. The average Bonchev–Trinajstić information content (AvgIpc) is 2.68. The van der Waals surface area contributed by atoms with Crippen molar-refractivity contribution in [2.24, 2.45) is 5.92 Å². The van der Waals surface area contributed by atoms with Crippen LogP contribution in [0.5, 0.6) is 0 Å². The smallest absolute Gasteiger partial charge is 0.289 e. The summed E-state index contributed by atoms with van der Waals surface area (Å²) in [5.74, 6) is -0.309. The Labute approximate surface area is 202 Å². The van der Waals surface area contributed by atoms with Crippen LogP contribution in [0.3, 0.4) is 0 Å². The highest BCUT2D eigenvalue weighted by Gasteiger charge is 2.45. The third-order valence-electron chi connectivity index (χ3n) is 5.54. The Morgan fingerprint density at radius 1 is 0.800 bits per heavy atom. The Balaban J connectivity index is 2.77. The summed E-state index contributed by atoms with van der Waals surface area (Å²) in [5.41, 5.74) is -5.04. The molecule has 1 unspecified atom stereocenters. The standard InChI is InChI=1S/C26H29F6O2P/c1-14(2)13-35(22(33)20-15(3)11-17(12-16(20)4)24(5,6)7)23(34)21-18(25(27,28)29)9-8-10-19(21)26(30,31)32/h8-12,14H,13H2,1-7H3. The summed E-state index contributed by atoms with van der Waals surface area (Å²) in [7, 11) is -2.55. The van der Waals surface area contributed by atoms with E-state index in [2.05, 4.69) is 0 Å². The van der Waals surface area contributed by atoms with Gasteiger partial charge in [-0.3, -0.25) is 9.59 Å². The van der Waals surface area contributed by atoms with Crippen LogP contribution in [0.2, 0.25) is 0 Å². The van der Waals surface area contributed by atoms with Gasteiger partial charge in [0.05, 0.1) is 11.1 Å². The zero-order chi connectivity index (χ0) is 27.1. The van der Waals surface area contributed by atoms with Gasteiger partial charge in [-0.2, -0.15) is 26.3 Å². The van der Waals surface area contributed by atoms with Crippen molar-refractivity contribution in [1.82, 2.24) is 0 Å². The van der Waals surface area contributed by atoms with Crippen molar-refractivity contribution >= 4 is 19.0 Å². The van der Waals surface area contributed by atoms with E-state index in [0.29, 0.717) is 29.3 Å². The fourth-order valence-corrected chi connectivity index (χ4v) is 6.26. The molecule has 0 aliphatic carbocycles. The Kier molecular flexibility index (Phi) is 8.33. The summed E-state index contributed by atoms with van der Waals surface area (Å²) in [6, 6.07) is 5.07. The molecule has 192 valence electrons. The molecule has 0 bridgehead atoms. The van der Waals surface area contributed by atoms with E-state index in [9.17, 15) is 35.9 Å². The lowest BCUT2D eigenvalue weighted by Gasteiger charge is -2.25. The molecule has 0 spiro atoms. The molecule has 2 nitrogen and oxygen atoms in total. The van der Waals surface area contributed by atoms with E-state index in [1.807, 2.05) is 20.8 Å². The first-order chi connectivity index (χ1) is 15.8. The number of alkyl halides is 6. The van der Waals surface area contributed by atoms with Gasteiger partial charge in [-0.05, 0) is 60.2 Å². The molecule has 2 aromatic rings. The molecule has 0 N–H and O–H groups in total. The van der Waals surface area contributed by atoms with Gasteiger partial charge in [-0.15, -0.1) is 0 Å². The Morgan fingerprint density at radius 3 is 1.54 bits per heavy atom. The molecule has 0 heterocycles. The van der Waals surface area contributed by atoms with Crippen LogP contribution in [0.4, 0.5) is 26.3 Å². The molecular weight excluding hydrogens is 489 g/mol. The second kappa shape index (κ2) is 10.0. The molecule has 0 radical (unpaired) electrons. The fraction of sp³-hybridized carbons (Fsp3) is 0.462. The number of rotatable bonds is 6. The van der Waals surface area contributed by atoms with E-state index in [0.717, 1.165) is 5.56 Å². The normalized spacial score (nSPS) is 13.8. The van der Waals surface area contributed by atoms with Gasteiger partial charge in [-0.1, -0.05) is 52.8 Å². The molecule has 0 aliphatic heterocycles. The summed E-state index contributed by atoms with van der Waals surface area (Å²) in [6.45, 7) is 12.6. The van der Waals surface area contributed by atoms with Gasteiger partial charge in [0.1, 0.15) is 0 Å². The van der Waals surface area contributed by atoms with Gasteiger partial charge in [0, 0.05) is 19.0 Å². The fourth-order valence-electron chi connectivity index (χ4n) is 3.88. The highest BCUT2D eigenvalue weighted by molar-refractivity contribution is 7.90. The van der Waals surface area contributed by atoms with Crippen molar-refractivity contribution in [2.45, 2.75) is 66.2 Å². The van der Waals surface area contributed by atoms with Crippen molar-refractivity contribution < 1.29 is 35.9 Å². The van der Waals surface area contributed by atoms with Gasteiger partial charge in [-0.25, -0.2) is 0 Å². The minimum Gasteiger partial charge on any atom is -0.289 e. The van der Waals surface area contributed by atoms with Crippen molar-refractivity contribution in [3.8, 4) is 0 Å². The Bertz CT molecular complexity index is 1070. The molecule has 0 aliphatic rings. The lowest BCUT2D eigenvalue weighted by molar-refractivity contribution is -0.143. The molecule has 2 rings (SSSR count). The molecule has 0 aromatic heterocycles. The van der Waals surface area contributed by atoms with E-state index >= 15 is 0 Å². The average molecular weight is 518 g/mol. The molecule has 0 saturated heterocycles. The summed E-state index contributed by atoms with van der Waals surface area (Å²) in [5, 5.41) is 0. The Hall–Kier alpha value is -2.21. The number of carbonyl (C=O) groups is 2. The van der Waals surface area contributed by atoms with Crippen LogP contribution in [0.1, 0.15) is 83.2 Å². The number of halogens is 6. The molecule has 0 fully saturated rings. The van der Waals surface area contributed by atoms with Crippen LogP contribution in [0.15, 0.2) is 30.3 Å². The van der Waals surface area contributed by atoms with Gasteiger partial charge < -0.3 is 0 Å². The molecular formula is C26H29F6O2P. The van der Waals surface area contributed by atoms with Crippen molar-refractivity contribution in [3.63, 3.8) is 0 Å². The number of hydrogen-bond donors (Lipinski definition) is 0. The highest BCUT2D eigenvalue weighted by Crippen LogP contribution is 2.50. The van der Waals surface area contributed by atoms with Crippen LogP contribution < -0.4 is 0 Å². The second-order valence-electron chi connectivity index (χ2n) is 10.1. The summed E-state index contributed by atoms with van der Waals surface area (Å²) < 4.78 is 82.3. The quantitative estimate of drug-likeness (QED) is 0.283. The topological polar surface area (TPSA) is 34.1 Å².